The Morgan fingerprint density at radius 1 is 1.10 bits per heavy atom. The van der Waals surface area contributed by atoms with Crippen molar-refractivity contribution >= 4 is 0 Å². The topological polar surface area (TPSA) is 41.7 Å². The van der Waals surface area contributed by atoms with Crippen LogP contribution in [0.15, 0.2) is 24.3 Å². The normalized spacial score (nSPS) is 23.6. The fourth-order valence-corrected chi connectivity index (χ4v) is 3.15. The molecular formula is C16H25N3O. The van der Waals surface area contributed by atoms with Gasteiger partial charge in [-0.25, -0.2) is 0 Å². The van der Waals surface area contributed by atoms with Crippen molar-refractivity contribution in [3.8, 4) is 5.75 Å². The largest absolute Gasteiger partial charge is 0.488 e. The fourth-order valence-electron chi connectivity index (χ4n) is 3.15. The first-order valence-electron chi connectivity index (χ1n) is 7.74. The Balaban J connectivity index is 1.43. The molecule has 0 bridgehead atoms. The summed E-state index contributed by atoms with van der Waals surface area (Å²) in [6.07, 6.45) is 2.51. The van der Waals surface area contributed by atoms with Gasteiger partial charge in [0.05, 0.1) is 0 Å². The Kier molecular flexibility index (Phi) is 4.55. The smallest absolute Gasteiger partial charge is 0.123 e. The van der Waals surface area contributed by atoms with Crippen molar-refractivity contribution in [1.82, 2.24) is 9.80 Å². The first-order valence-corrected chi connectivity index (χ1v) is 7.74. The van der Waals surface area contributed by atoms with E-state index >= 15 is 0 Å². The summed E-state index contributed by atoms with van der Waals surface area (Å²) < 4.78 is 6.03. The summed E-state index contributed by atoms with van der Waals surface area (Å²) in [7, 11) is 0. The van der Waals surface area contributed by atoms with Crippen molar-refractivity contribution < 1.29 is 4.74 Å². The minimum atomic E-state index is 0.336. The van der Waals surface area contributed by atoms with Crippen LogP contribution in [0.1, 0.15) is 12.0 Å². The molecule has 1 aromatic carbocycles. The van der Waals surface area contributed by atoms with Crippen molar-refractivity contribution in [3.05, 3.63) is 29.8 Å². The summed E-state index contributed by atoms with van der Waals surface area (Å²) in [6, 6.07) is 8.42. The number of benzene rings is 1. The highest BCUT2D eigenvalue weighted by Gasteiger charge is 2.26. The van der Waals surface area contributed by atoms with E-state index in [1.807, 2.05) is 0 Å². The maximum absolute atomic E-state index is 6.03. The molecule has 2 heterocycles. The number of piperazine rings is 1. The third-order valence-electron chi connectivity index (χ3n) is 4.32. The number of fused-ring (bicyclic) bond motifs is 1. The van der Waals surface area contributed by atoms with Crippen molar-refractivity contribution in [2.24, 2.45) is 5.73 Å². The summed E-state index contributed by atoms with van der Waals surface area (Å²) in [5.41, 5.74) is 6.93. The van der Waals surface area contributed by atoms with E-state index in [4.69, 9.17) is 10.5 Å². The monoisotopic (exact) mass is 275 g/mol. The average Bonchev–Trinajstić information content (AvgIpc) is 2.89. The standard InChI is InChI=1S/C16H25N3O/c17-6-3-7-18-8-10-19(11-9-18)13-15-12-14-4-1-2-5-16(14)20-15/h1-2,4-5,15H,3,6-13,17H2. The fraction of sp³-hybridized carbons (Fsp3) is 0.625. The van der Waals surface area contributed by atoms with E-state index in [0.717, 1.165) is 51.3 Å². The molecular weight excluding hydrogens is 250 g/mol. The predicted octanol–water partition coefficient (Wildman–Crippen LogP) is 0.957. The number of nitrogens with zero attached hydrogens (tertiary/aromatic N) is 2. The lowest BCUT2D eigenvalue weighted by atomic mass is 10.1. The highest BCUT2D eigenvalue weighted by Crippen LogP contribution is 2.28. The Bertz CT molecular complexity index is 404. The molecule has 2 aliphatic rings. The lowest BCUT2D eigenvalue weighted by Gasteiger charge is -2.35. The van der Waals surface area contributed by atoms with Crippen LogP contribution in [0.25, 0.3) is 0 Å². The molecule has 2 N–H and O–H groups in total. The van der Waals surface area contributed by atoms with Gasteiger partial charge in [0.25, 0.3) is 0 Å². The molecule has 3 rings (SSSR count). The molecule has 20 heavy (non-hydrogen) atoms. The lowest BCUT2D eigenvalue weighted by molar-refractivity contribution is 0.0921. The zero-order valence-corrected chi connectivity index (χ0v) is 12.1. The van der Waals surface area contributed by atoms with Gasteiger partial charge in [-0.2, -0.15) is 0 Å². The van der Waals surface area contributed by atoms with Crippen LogP contribution < -0.4 is 10.5 Å². The van der Waals surface area contributed by atoms with Gasteiger partial charge < -0.3 is 15.4 Å². The van der Waals surface area contributed by atoms with E-state index in [9.17, 15) is 0 Å². The zero-order chi connectivity index (χ0) is 13.8. The lowest BCUT2D eigenvalue weighted by Crippen LogP contribution is -2.49. The first-order chi connectivity index (χ1) is 9.85. The molecule has 1 fully saturated rings. The number of para-hydroxylation sites is 1. The zero-order valence-electron chi connectivity index (χ0n) is 12.1. The van der Waals surface area contributed by atoms with Gasteiger partial charge in [0.15, 0.2) is 0 Å². The van der Waals surface area contributed by atoms with Gasteiger partial charge in [-0.15, -0.1) is 0 Å². The minimum Gasteiger partial charge on any atom is -0.488 e. The Labute approximate surface area is 121 Å². The molecule has 1 saturated heterocycles. The summed E-state index contributed by atoms with van der Waals surface area (Å²) in [5.74, 6) is 1.08. The van der Waals surface area contributed by atoms with Crippen LogP contribution in [0, 0.1) is 0 Å². The van der Waals surface area contributed by atoms with Crippen molar-refractivity contribution in [2.45, 2.75) is 18.9 Å². The summed E-state index contributed by atoms with van der Waals surface area (Å²) in [6.45, 7) is 7.64. The van der Waals surface area contributed by atoms with E-state index in [2.05, 4.69) is 34.1 Å². The quantitative estimate of drug-likeness (QED) is 0.869. The molecule has 1 unspecified atom stereocenters. The second-order valence-corrected chi connectivity index (χ2v) is 5.84. The first kappa shape index (κ1) is 13.9. The van der Waals surface area contributed by atoms with Gasteiger partial charge >= 0.3 is 0 Å². The molecule has 0 aliphatic carbocycles. The van der Waals surface area contributed by atoms with Crippen LogP contribution in [0.2, 0.25) is 0 Å². The summed E-state index contributed by atoms with van der Waals surface area (Å²) in [5, 5.41) is 0. The summed E-state index contributed by atoms with van der Waals surface area (Å²) >= 11 is 0. The molecule has 0 saturated carbocycles. The molecule has 1 aromatic rings. The molecule has 0 spiro atoms. The number of nitrogens with two attached hydrogens (primary N) is 1. The van der Waals surface area contributed by atoms with Gasteiger partial charge in [-0.3, -0.25) is 4.90 Å². The SMILES string of the molecule is NCCCN1CCN(CC2Cc3ccccc3O2)CC1. The van der Waals surface area contributed by atoms with Crippen LogP contribution in [0.3, 0.4) is 0 Å². The second-order valence-electron chi connectivity index (χ2n) is 5.84. The van der Waals surface area contributed by atoms with E-state index in [0.29, 0.717) is 6.10 Å². The third kappa shape index (κ3) is 3.32. The third-order valence-corrected chi connectivity index (χ3v) is 4.32. The molecule has 0 radical (unpaired) electrons. The van der Waals surface area contributed by atoms with Crippen LogP contribution in [0.4, 0.5) is 0 Å². The maximum atomic E-state index is 6.03. The van der Waals surface area contributed by atoms with Gasteiger partial charge in [-0.05, 0) is 31.1 Å². The van der Waals surface area contributed by atoms with Gasteiger partial charge in [0.1, 0.15) is 11.9 Å². The van der Waals surface area contributed by atoms with Gasteiger partial charge in [-0.1, -0.05) is 18.2 Å². The predicted molar refractivity (Wildman–Crippen MR) is 81.1 cm³/mol. The van der Waals surface area contributed by atoms with Crippen molar-refractivity contribution in [1.29, 1.82) is 0 Å². The van der Waals surface area contributed by atoms with Crippen LogP contribution in [0.5, 0.6) is 5.75 Å². The minimum absolute atomic E-state index is 0.336. The highest BCUT2D eigenvalue weighted by molar-refractivity contribution is 5.37. The van der Waals surface area contributed by atoms with E-state index in [1.54, 1.807) is 0 Å². The Morgan fingerprint density at radius 2 is 1.85 bits per heavy atom. The molecule has 2 aliphatic heterocycles. The van der Waals surface area contributed by atoms with Crippen molar-refractivity contribution in [2.75, 3.05) is 45.8 Å². The Hall–Kier alpha value is -1.10. The molecule has 110 valence electrons. The van der Waals surface area contributed by atoms with Gasteiger partial charge in [0, 0.05) is 39.1 Å². The summed E-state index contributed by atoms with van der Waals surface area (Å²) in [4.78, 5) is 5.06. The second kappa shape index (κ2) is 6.57. The van der Waals surface area contributed by atoms with Crippen LogP contribution in [-0.4, -0.2) is 61.7 Å². The number of rotatable bonds is 5. The van der Waals surface area contributed by atoms with E-state index in [1.165, 1.54) is 18.7 Å². The molecule has 1 atom stereocenters. The molecule has 0 amide bonds. The van der Waals surface area contributed by atoms with Crippen LogP contribution >= 0.6 is 0 Å². The number of hydrogen-bond donors (Lipinski definition) is 1. The maximum Gasteiger partial charge on any atom is 0.123 e. The van der Waals surface area contributed by atoms with Gasteiger partial charge in [0.2, 0.25) is 0 Å². The molecule has 4 heteroatoms. The van der Waals surface area contributed by atoms with Crippen LogP contribution in [-0.2, 0) is 6.42 Å². The Morgan fingerprint density at radius 3 is 2.60 bits per heavy atom. The van der Waals surface area contributed by atoms with Crippen molar-refractivity contribution in [3.63, 3.8) is 0 Å². The molecule has 0 aromatic heterocycles. The van der Waals surface area contributed by atoms with E-state index in [-0.39, 0.29) is 0 Å². The van der Waals surface area contributed by atoms with E-state index < -0.39 is 0 Å². The molecule has 4 nitrogen and oxygen atoms in total. The average molecular weight is 275 g/mol. The number of hydrogen-bond acceptors (Lipinski definition) is 4. The number of ether oxygens (including phenoxy) is 1. The highest BCUT2D eigenvalue weighted by atomic mass is 16.5.